The zero-order valence-electron chi connectivity index (χ0n) is 19.0. The lowest BCUT2D eigenvalue weighted by Crippen LogP contribution is -2.36. The van der Waals surface area contributed by atoms with Crippen molar-refractivity contribution in [1.82, 2.24) is 15.3 Å². The average Bonchev–Trinajstić information content (AvgIpc) is 3.29. The van der Waals surface area contributed by atoms with Gasteiger partial charge < -0.3 is 15.5 Å². The highest BCUT2D eigenvalue weighted by Gasteiger charge is 2.21. The number of nitrogens with one attached hydrogen (secondary N) is 3. The van der Waals surface area contributed by atoms with Crippen LogP contribution in [-0.4, -0.2) is 47.8 Å². The van der Waals surface area contributed by atoms with Crippen molar-refractivity contribution in [2.24, 2.45) is 0 Å². The van der Waals surface area contributed by atoms with Crippen LogP contribution in [0.3, 0.4) is 0 Å². The first-order chi connectivity index (χ1) is 15.7. The Morgan fingerprint density at radius 3 is 2.47 bits per heavy atom. The molecule has 7 nitrogen and oxygen atoms in total. The Morgan fingerprint density at radius 1 is 1.06 bits per heavy atom. The van der Waals surface area contributed by atoms with Crippen LogP contribution in [0.15, 0.2) is 18.3 Å². The average molecular weight is 455 g/mol. The van der Waals surface area contributed by atoms with Crippen LogP contribution in [0, 0.1) is 5.41 Å². The second-order valence-electron chi connectivity index (χ2n) is 8.78. The van der Waals surface area contributed by atoms with E-state index in [9.17, 15) is 4.79 Å². The molecule has 3 heterocycles. The van der Waals surface area contributed by atoms with E-state index in [1.807, 2.05) is 19.2 Å². The second kappa shape index (κ2) is 10.9. The van der Waals surface area contributed by atoms with E-state index in [1.54, 1.807) is 6.20 Å². The van der Waals surface area contributed by atoms with Crippen molar-refractivity contribution in [2.75, 3.05) is 30.4 Å². The molecule has 0 radical (unpaired) electrons. The van der Waals surface area contributed by atoms with Gasteiger partial charge in [-0.25, -0.2) is 9.97 Å². The van der Waals surface area contributed by atoms with Gasteiger partial charge in [-0.05, 0) is 37.8 Å². The molecule has 0 bridgehead atoms. The molecule has 2 aromatic rings. The number of thiazole rings is 1. The van der Waals surface area contributed by atoms with Gasteiger partial charge in [0, 0.05) is 37.9 Å². The number of nitrogens with zero attached hydrogens (tertiary/aromatic N) is 3. The lowest BCUT2D eigenvalue weighted by Gasteiger charge is -2.26. The van der Waals surface area contributed by atoms with Crippen LogP contribution in [0.4, 0.5) is 11.6 Å². The summed E-state index contributed by atoms with van der Waals surface area (Å²) in [7, 11) is 1.84. The van der Waals surface area contributed by atoms with Crippen molar-refractivity contribution in [3.63, 3.8) is 0 Å². The van der Waals surface area contributed by atoms with Gasteiger partial charge in [0.05, 0.1) is 10.6 Å². The fraction of sp³-hybridized carbons (Fsp3) is 0.583. The summed E-state index contributed by atoms with van der Waals surface area (Å²) in [4.78, 5) is 24.8. The van der Waals surface area contributed by atoms with E-state index >= 15 is 0 Å². The Balaban J connectivity index is 1.47. The van der Waals surface area contributed by atoms with E-state index in [2.05, 4.69) is 20.5 Å². The van der Waals surface area contributed by atoms with E-state index < -0.39 is 0 Å². The SMILES string of the molecule is CNc1nc(N2CCCCCCC2)ccc1C(=N)c1cnc(C(=O)NC2CCCCC2)s1. The van der Waals surface area contributed by atoms with Crippen molar-refractivity contribution in [3.05, 3.63) is 33.8 Å². The van der Waals surface area contributed by atoms with Gasteiger partial charge >= 0.3 is 0 Å². The Bertz CT molecular complexity index is 928. The van der Waals surface area contributed by atoms with Crippen LogP contribution in [0.2, 0.25) is 0 Å². The zero-order valence-corrected chi connectivity index (χ0v) is 19.8. The van der Waals surface area contributed by atoms with Gasteiger partial charge in [0.25, 0.3) is 5.91 Å². The number of aromatic nitrogens is 2. The fourth-order valence-corrected chi connectivity index (χ4v) is 5.40. The Kier molecular flexibility index (Phi) is 7.73. The summed E-state index contributed by atoms with van der Waals surface area (Å²) in [6.45, 7) is 2.06. The molecule has 0 aromatic carbocycles. The third-order valence-corrected chi connectivity index (χ3v) is 7.47. The Hall–Kier alpha value is -2.48. The van der Waals surface area contributed by atoms with Gasteiger partial charge in [-0.3, -0.25) is 10.2 Å². The Morgan fingerprint density at radius 2 is 1.75 bits per heavy atom. The molecule has 0 unspecified atom stereocenters. The maximum absolute atomic E-state index is 12.6. The van der Waals surface area contributed by atoms with Gasteiger partial charge in [-0.15, -0.1) is 11.3 Å². The monoisotopic (exact) mass is 454 g/mol. The molecule has 2 fully saturated rings. The molecule has 1 aliphatic carbocycles. The lowest BCUT2D eigenvalue weighted by molar-refractivity contribution is 0.0927. The quantitative estimate of drug-likeness (QED) is 0.544. The summed E-state index contributed by atoms with van der Waals surface area (Å²) in [5.74, 6) is 1.53. The summed E-state index contributed by atoms with van der Waals surface area (Å²) < 4.78 is 0. The molecule has 2 aliphatic rings. The Labute approximate surface area is 194 Å². The molecule has 1 aliphatic heterocycles. The largest absolute Gasteiger partial charge is 0.373 e. The molecule has 1 saturated heterocycles. The molecular formula is C24H34N6OS. The molecule has 32 heavy (non-hydrogen) atoms. The minimum atomic E-state index is -0.125. The number of pyridine rings is 1. The number of carbonyl (C=O) groups excluding carboxylic acids is 1. The van der Waals surface area contributed by atoms with Crippen molar-refractivity contribution in [2.45, 2.75) is 70.3 Å². The number of amides is 1. The normalized spacial score (nSPS) is 18.0. The number of anilines is 2. The first-order valence-electron chi connectivity index (χ1n) is 12.0. The van der Waals surface area contributed by atoms with Crippen molar-refractivity contribution >= 4 is 34.6 Å². The van der Waals surface area contributed by atoms with Crippen molar-refractivity contribution in [3.8, 4) is 0 Å². The van der Waals surface area contributed by atoms with Gasteiger partial charge in [0.15, 0.2) is 5.01 Å². The molecule has 3 N–H and O–H groups in total. The van der Waals surface area contributed by atoms with Gasteiger partial charge in [-0.2, -0.15) is 0 Å². The molecular weight excluding hydrogens is 420 g/mol. The third-order valence-electron chi connectivity index (χ3n) is 6.45. The van der Waals surface area contributed by atoms with E-state index in [0.29, 0.717) is 21.4 Å². The van der Waals surface area contributed by atoms with E-state index in [4.69, 9.17) is 10.4 Å². The second-order valence-corrected chi connectivity index (χ2v) is 9.81. The maximum atomic E-state index is 12.6. The van der Waals surface area contributed by atoms with Crippen molar-refractivity contribution < 1.29 is 4.79 Å². The predicted molar refractivity (Wildman–Crippen MR) is 131 cm³/mol. The molecule has 2 aromatic heterocycles. The molecule has 172 valence electrons. The summed E-state index contributed by atoms with van der Waals surface area (Å²) >= 11 is 1.28. The van der Waals surface area contributed by atoms with E-state index in [-0.39, 0.29) is 11.9 Å². The fourth-order valence-electron chi connectivity index (χ4n) is 4.62. The van der Waals surface area contributed by atoms with Crippen LogP contribution < -0.4 is 15.5 Å². The van der Waals surface area contributed by atoms with Crippen molar-refractivity contribution in [1.29, 1.82) is 5.41 Å². The smallest absolute Gasteiger partial charge is 0.280 e. The van der Waals surface area contributed by atoms with Crippen LogP contribution in [0.25, 0.3) is 0 Å². The molecule has 1 saturated carbocycles. The number of carbonyl (C=O) groups is 1. The topological polar surface area (TPSA) is 94.0 Å². The zero-order chi connectivity index (χ0) is 22.3. The van der Waals surface area contributed by atoms with Crippen LogP contribution in [-0.2, 0) is 0 Å². The van der Waals surface area contributed by atoms with Crippen LogP contribution in [0.5, 0.6) is 0 Å². The summed E-state index contributed by atoms with van der Waals surface area (Å²) in [6.07, 6.45) is 13.6. The maximum Gasteiger partial charge on any atom is 0.280 e. The number of rotatable bonds is 6. The first-order valence-corrected chi connectivity index (χ1v) is 12.8. The highest BCUT2D eigenvalue weighted by molar-refractivity contribution is 7.15. The molecule has 1 amide bonds. The molecule has 0 atom stereocenters. The highest BCUT2D eigenvalue weighted by atomic mass is 32.1. The summed E-state index contributed by atoms with van der Waals surface area (Å²) in [5, 5.41) is 15.4. The highest BCUT2D eigenvalue weighted by Crippen LogP contribution is 2.26. The number of hydrogen-bond donors (Lipinski definition) is 3. The van der Waals surface area contributed by atoms with Gasteiger partial charge in [0.1, 0.15) is 11.6 Å². The van der Waals surface area contributed by atoms with E-state index in [0.717, 1.165) is 37.3 Å². The molecule has 0 spiro atoms. The summed E-state index contributed by atoms with van der Waals surface area (Å²) in [6, 6.07) is 4.24. The molecule has 8 heteroatoms. The lowest BCUT2D eigenvalue weighted by atomic mass is 9.95. The minimum Gasteiger partial charge on any atom is -0.373 e. The number of hydrogen-bond acceptors (Lipinski definition) is 7. The van der Waals surface area contributed by atoms with Crippen LogP contribution >= 0.6 is 11.3 Å². The molecule has 4 rings (SSSR count). The van der Waals surface area contributed by atoms with Gasteiger partial charge in [0.2, 0.25) is 0 Å². The van der Waals surface area contributed by atoms with Gasteiger partial charge in [-0.1, -0.05) is 38.5 Å². The third kappa shape index (κ3) is 5.46. The van der Waals surface area contributed by atoms with E-state index in [1.165, 1.54) is 62.7 Å². The standard InChI is InChI=1S/C24H34N6OS/c1-26-22-18(12-13-20(29-22)30-14-8-3-2-4-9-15-30)21(25)19-16-27-24(32-19)23(31)28-17-10-6-5-7-11-17/h12-13,16-17,25H,2-11,14-15H2,1H3,(H,26,29)(H,28,31). The minimum absolute atomic E-state index is 0.125. The van der Waals surface area contributed by atoms with Crippen LogP contribution in [0.1, 0.15) is 84.5 Å². The predicted octanol–water partition coefficient (Wildman–Crippen LogP) is 4.83. The summed E-state index contributed by atoms with van der Waals surface area (Å²) in [5.41, 5.74) is 1.07. The first kappa shape index (κ1) is 22.7.